The standard InChI is InChI=1S/C22H26F2N2O2/c1-14-11-19(21(27)25(3)15(14)2)22(28)26-10-4-5-16(13-26)6-7-17-8-9-18(23)12-20(17)24/h8-9,11-12,16H,4-7,10,13H2,1-3H3. The number of aromatic nitrogens is 1. The Kier molecular flexibility index (Phi) is 5.96. The molecule has 1 fully saturated rings. The van der Waals surface area contributed by atoms with Gasteiger partial charge in [0.25, 0.3) is 11.5 Å². The molecule has 1 unspecified atom stereocenters. The third-order valence-electron chi connectivity index (χ3n) is 5.84. The molecule has 3 rings (SSSR count). The molecule has 0 bridgehead atoms. The van der Waals surface area contributed by atoms with E-state index in [0.29, 0.717) is 25.1 Å². The van der Waals surface area contributed by atoms with Crippen molar-refractivity contribution in [1.82, 2.24) is 9.47 Å². The van der Waals surface area contributed by atoms with Gasteiger partial charge in [0.1, 0.15) is 17.2 Å². The van der Waals surface area contributed by atoms with E-state index in [4.69, 9.17) is 0 Å². The molecule has 0 saturated carbocycles. The number of benzene rings is 1. The molecule has 1 saturated heterocycles. The Morgan fingerprint density at radius 2 is 1.96 bits per heavy atom. The highest BCUT2D eigenvalue weighted by Crippen LogP contribution is 2.24. The zero-order valence-corrected chi connectivity index (χ0v) is 16.6. The van der Waals surface area contributed by atoms with Crippen molar-refractivity contribution in [2.24, 2.45) is 13.0 Å². The van der Waals surface area contributed by atoms with Crippen molar-refractivity contribution < 1.29 is 13.6 Å². The molecule has 6 heteroatoms. The number of carbonyl (C=O) groups excluding carboxylic acids is 1. The van der Waals surface area contributed by atoms with Gasteiger partial charge in [-0.05, 0) is 68.7 Å². The number of hydrogen-bond donors (Lipinski definition) is 0. The van der Waals surface area contributed by atoms with E-state index < -0.39 is 11.6 Å². The highest BCUT2D eigenvalue weighted by Gasteiger charge is 2.26. The third kappa shape index (κ3) is 4.16. The molecule has 28 heavy (non-hydrogen) atoms. The minimum atomic E-state index is -0.578. The summed E-state index contributed by atoms with van der Waals surface area (Å²) in [6.45, 7) is 4.92. The van der Waals surface area contributed by atoms with Crippen LogP contribution in [0.25, 0.3) is 0 Å². The molecule has 150 valence electrons. The van der Waals surface area contributed by atoms with Crippen LogP contribution in [-0.2, 0) is 13.5 Å². The molecule has 1 aliphatic rings. The summed E-state index contributed by atoms with van der Waals surface area (Å²) in [5.74, 6) is -1.10. The lowest BCUT2D eigenvalue weighted by Gasteiger charge is -2.33. The van der Waals surface area contributed by atoms with Crippen LogP contribution in [0.3, 0.4) is 0 Å². The van der Waals surface area contributed by atoms with Gasteiger partial charge in [0, 0.05) is 31.9 Å². The first-order chi connectivity index (χ1) is 13.3. The van der Waals surface area contributed by atoms with Gasteiger partial charge in [-0.15, -0.1) is 0 Å². The first-order valence-electron chi connectivity index (χ1n) is 9.68. The third-order valence-corrected chi connectivity index (χ3v) is 5.84. The fraction of sp³-hybridized carbons (Fsp3) is 0.455. The van der Waals surface area contributed by atoms with Crippen LogP contribution in [0.2, 0.25) is 0 Å². The predicted octanol–water partition coefficient (Wildman–Crippen LogP) is 3.77. The van der Waals surface area contributed by atoms with Crippen LogP contribution in [0.15, 0.2) is 29.1 Å². The van der Waals surface area contributed by atoms with E-state index in [2.05, 4.69) is 0 Å². The Morgan fingerprint density at radius 1 is 1.21 bits per heavy atom. The Labute approximate surface area is 163 Å². The minimum absolute atomic E-state index is 0.204. The molecule has 2 aromatic rings. The molecule has 1 amide bonds. The van der Waals surface area contributed by atoms with Gasteiger partial charge in [0.05, 0.1) is 0 Å². The Morgan fingerprint density at radius 3 is 2.68 bits per heavy atom. The summed E-state index contributed by atoms with van der Waals surface area (Å²) in [5, 5.41) is 0. The zero-order valence-electron chi connectivity index (χ0n) is 16.6. The lowest BCUT2D eigenvalue weighted by molar-refractivity contribution is 0.0665. The molecule has 1 atom stereocenters. The SMILES string of the molecule is Cc1cc(C(=O)N2CCCC(CCc3ccc(F)cc3F)C2)c(=O)n(C)c1C. The molecular formula is C22H26F2N2O2. The molecule has 4 nitrogen and oxygen atoms in total. The van der Waals surface area contributed by atoms with Crippen molar-refractivity contribution in [1.29, 1.82) is 0 Å². The number of amides is 1. The largest absolute Gasteiger partial charge is 0.338 e. The number of carbonyl (C=O) groups is 1. The fourth-order valence-corrected chi connectivity index (χ4v) is 3.87. The van der Waals surface area contributed by atoms with Crippen LogP contribution in [0.1, 0.15) is 46.4 Å². The van der Waals surface area contributed by atoms with Crippen LogP contribution in [0.5, 0.6) is 0 Å². The van der Waals surface area contributed by atoms with Crippen molar-refractivity contribution >= 4 is 5.91 Å². The van der Waals surface area contributed by atoms with Gasteiger partial charge >= 0.3 is 0 Å². The van der Waals surface area contributed by atoms with Crippen LogP contribution in [0, 0.1) is 31.4 Å². The summed E-state index contributed by atoms with van der Waals surface area (Å²) in [5.41, 5.74) is 2.18. The van der Waals surface area contributed by atoms with Crippen molar-refractivity contribution in [3.63, 3.8) is 0 Å². The molecule has 1 aromatic heterocycles. The molecule has 2 heterocycles. The monoisotopic (exact) mass is 388 g/mol. The summed E-state index contributed by atoms with van der Waals surface area (Å²) >= 11 is 0. The smallest absolute Gasteiger partial charge is 0.263 e. The van der Waals surface area contributed by atoms with Crippen molar-refractivity contribution in [2.45, 2.75) is 39.5 Å². The number of rotatable bonds is 4. The number of hydrogen-bond acceptors (Lipinski definition) is 2. The topological polar surface area (TPSA) is 42.3 Å². The van der Waals surface area contributed by atoms with Crippen LogP contribution in [0.4, 0.5) is 8.78 Å². The van der Waals surface area contributed by atoms with Crippen molar-refractivity contribution in [3.8, 4) is 0 Å². The predicted molar refractivity (Wildman–Crippen MR) is 104 cm³/mol. The quantitative estimate of drug-likeness (QED) is 0.800. The number of nitrogens with zero attached hydrogens (tertiary/aromatic N) is 2. The first-order valence-corrected chi connectivity index (χ1v) is 9.68. The number of piperidine rings is 1. The second-order valence-corrected chi connectivity index (χ2v) is 7.72. The van der Waals surface area contributed by atoms with E-state index in [0.717, 1.165) is 36.6 Å². The normalized spacial score (nSPS) is 17.0. The molecule has 0 N–H and O–H groups in total. The highest BCUT2D eigenvalue weighted by atomic mass is 19.1. The second-order valence-electron chi connectivity index (χ2n) is 7.72. The Balaban J connectivity index is 1.69. The van der Waals surface area contributed by atoms with Gasteiger partial charge in [-0.25, -0.2) is 8.78 Å². The van der Waals surface area contributed by atoms with Gasteiger partial charge in [0.15, 0.2) is 0 Å². The lowest BCUT2D eigenvalue weighted by Crippen LogP contribution is -2.42. The van der Waals surface area contributed by atoms with E-state index in [-0.39, 0.29) is 22.9 Å². The van der Waals surface area contributed by atoms with Gasteiger partial charge in [-0.3, -0.25) is 9.59 Å². The second kappa shape index (κ2) is 8.25. The average molecular weight is 388 g/mol. The molecule has 0 spiro atoms. The number of pyridine rings is 1. The van der Waals surface area contributed by atoms with E-state index in [9.17, 15) is 18.4 Å². The van der Waals surface area contributed by atoms with E-state index in [1.165, 1.54) is 16.7 Å². The zero-order chi connectivity index (χ0) is 20.4. The maximum absolute atomic E-state index is 13.8. The van der Waals surface area contributed by atoms with Crippen molar-refractivity contribution in [2.75, 3.05) is 13.1 Å². The van der Waals surface area contributed by atoms with E-state index in [1.807, 2.05) is 13.8 Å². The summed E-state index contributed by atoms with van der Waals surface area (Å²) in [6, 6.07) is 5.33. The summed E-state index contributed by atoms with van der Waals surface area (Å²) in [7, 11) is 1.68. The molecule has 0 radical (unpaired) electrons. The van der Waals surface area contributed by atoms with E-state index >= 15 is 0 Å². The Hall–Kier alpha value is -2.50. The van der Waals surface area contributed by atoms with Gasteiger partial charge in [-0.1, -0.05) is 6.07 Å². The molecular weight excluding hydrogens is 362 g/mol. The fourth-order valence-electron chi connectivity index (χ4n) is 3.87. The average Bonchev–Trinajstić information content (AvgIpc) is 2.68. The van der Waals surface area contributed by atoms with Crippen LogP contribution < -0.4 is 5.56 Å². The number of aryl methyl sites for hydroxylation is 2. The van der Waals surface area contributed by atoms with Gasteiger partial charge in [0.2, 0.25) is 0 Å². The molecule has 0 aliphatic carbocycles. The Bertz CT molecular complexity index is 952. The van der Waals surface area contributed by atoms with E-state index in [1.54, 1.807) is 18.0 Å². The van der Waals surface area contributed by atoms with Crippen LogP contribution in [-0.4, -0.2) is 28.5 Å². The summed E-state index contributed by atoms with van der Waals surface area (Å²) in [6.07, 6.45) is 3.03. The molecule has 1 aliphatic heterocycles. The number of likely N-dealkylation sites (tertiary alicyclic amines) is 1. The van der Waals surface area contributed by atoms with Gasteiger partial charge < -0.3 is 9.47 Å². The molecule has 1 aromatic carbocycles. The lowest BCUT2D eigenvalue weighted by atomic mass is 9.91. The van der Waals surface area contributed by atoms with Gasteiger partial charge in [-0.2, -0.15) is 0 Å². The first kappa shape index (κ1) is 20.2. The van der Waals surface area contributed by atoms with Crippen LogP contribution >= 0.6 is 0 Å². The maximum atomic E-state index is 13.8. The highest BCUT2D eigenvalue weighted by molar-refractivity contribution is 5.94. The minimum Gasteiger partial charge on any atom is -0.338 e. The number of halogens is 2. The maximum Gasteiger partial charge on any atom is 0.263 e. The van der Waals surface area contributed by atoms with Crippen molar-refractivity contribution in [3.05, 3.63) is 68.6 Å². The summed E-state index contributed by atoms with van der Waals surface area (Å²) in [4.78, 5) is 27.2. The summed E-state index contributed by atoms with van der Waals surface area (Å²) < 4.78 is 28.4.